The van der Waals surface area contributed by atoms with Gasteiger partial charge in [-0.3, -0.25) is 9.78 Å². The summed E-state index contributed by atoms with van der Waals surface area (Å²) in [6.45, 7) is 2.37. The monoisotopic (exact) mass is 234 g/mol. The highest BCUT2D eigenvalue weighted by Gasteiger charge is 2.24. The molecule has 1 fully saturated rings. The van der Waals surface area contributed by atoms with Gasteiger partial charge in [0.25, 0.3) is 5.91 Å². The Bertz CT molecular complexity index is 365. The maximum atomic E-state index is 12.2. The van der Waals surface area contributed by atoms with Crippen LogP contribution in [0.25, 0.3) is 0 Å². The van der Waals surface area contributed by atoms with Gasteiger partial charge in [0.05, 0.1) is 12.2 Å². The van der Waals surface area contributed by atoms with E-state index in [1.165, 1.54) is 0 Å². The van der Waals surface area contributed by atoms with E-state index < -0.39 is 0 Å². The fourth-order valence-corrected chi connectivity index (χ4v) is 2.29. The van der Waals surface area contributed by atoms with Gasteiger partial charge in [0.15, 0.2) is 0 Å². The molecule has 1 aromatic heterocycles. The summed E-state index contributed by atoms with van der Waals surface area (Å²) in [6.07, 6.45) is 5.51. The summed E-state index contributed by atoms with van der Waals surface area (Å²) in [5.41, 5.74) is 0.672. The molecule has 4 nitrogen and oxygen atoms in total. The van der Waals surface area contributed by atoms with E-state index >= 15 is 0 Å². The van der Waals surface area contributed by atoms with Crippen LogP contribution in [0.15, 0.2) is 24.5 Å². The molecule has 2 heterocycles. The lowest BCUT2D eigenvalue weighted by Crippen LogP contribution is -2.41. The van der Waals surface area contributed by atoms with Crippen molar-refractivity contribution in [1.29, 1.82) is 0 Å². The van der Waals surface area contributed by atoms with Gasteiger partial charge < -0.3 is 9.64 Å². The lowest BCUT2D eigenvalue weighted by atomic mass is 9.98. The number of pyridine rings is 1. The van der Waals surface area contributed by atoms with Gasteiger partial charge in [0, 0.05) is 32.6 Å². The molecular weight excluding hydrogens is 216 g/mol. The molecule has 0 aromatic carbocycles. The highest BCUT2D eigenvalue weighted by Crippen LogP contribution is 2.18. The van der Waals surface area contributed by atoms with E-state index in [0.717, 1.165) is 32.5 Å². The average Bonchev–Trinajstić information content (AvgIpc) is 2.40. The Hall–Kier alpha value is -1.42. The number of likely N-dealkylation sites (tertiary alicyclic amines) is 1. The Morgan fingerprint density at radius 1 is 1.65 bits per heavy atom. The van der Waals surface area contributed by atoms with Gasteiger partial charge >= 0.3 is 0 Å². The van der Waals surface area contributed by atoms with E-state index in [4.69, 9.17) is 4.74 Å². The van der Waals surface area contributed by atoms with Crippen molar-refractivity contribution in [3.63, 3.8) is 0 Å². The first-order valence-electron chi connectivity index (χ1n) is 5.99. The number of methoxy groups -OCH3 is 1. The molecule has 1 amide bonds. The summed E-state index contributed by atoms with van der Waals surface area (Å²) >= 11 is 0. The van der Waals surface area contributed by atoms with Crippen molar-refractivity contribution in [3.05, 3.63) is 30.1 Å². The molecule has 1 unspecified atom stereocenters. The number of hydrogen-bond donors (Lipinski definition) is 0. The first-order valence-corrected chi connectivity index (χ1v) is 5.99. The quantitative estimate of drug-likeness (QED) is 0.797. The minimum absolute atomic E-state index is 0.0823. The molecule has 1 saturated heterocycles. The number of nitrogens with zero attached hydrogens (tertiary/aromatic N) is 2. The number of carbonyl (C=O) groups is 1. The smallest absolute Gasteiger partial charge is 0.255 e. The zero-order chi connectivity index (χ0) is 12.1. The SMILES string of the molecule is COCC1CCCN(C(=O)c2cccnc2)C1. The van der Waals surface area contributed by atoms with Crippen molar-refractivity contribution in [1.82, 2.24) is 9.88 Å². The molecule has 17 heavy (non-hydrogen) atoms. The molecule has 0 N–H and O–H groups in total. The minimum Gasteiger partial charge on any atom is -0.384 e. The van der Waals surface area contributed by atoms with Crippen LogP contribution < -0.4 is 0 Å². The first-order chi connectivity index (χ1) is 8.31. The van der Waals surface area contributed by atoms with Crippen LogP contribution in [0.1, 0.15) is 23.2 Å². The van der Waals surface area contributed by atoms with Crippen LogP contribution in [0.3, 0.4) is 0 Å². The van der Waals surface area contributed by atoms with Crippen LogP contribution in [-0.2, 0) is 4.74 Å². The molecule has 1 aliphatic heterocycles. The Kier molecular flexibility index (Phi) is 4.09. The van der Waals surface area contributed by atoms with Crippen LogP contribution in [-0.4, -0.2) is 42.6 Å². The van der Waals surface area contributed by atoms with Crippen molar-refractivity contribution in [3.8, 4) is 0 Å². The number of carbonyl (C=O) groups excluding carboxylic acids is 1. The minimum atomic E-state index is 0.0823. The van der Waals surface area contributed by atoms with E-state index in [0.29, 0.717) is 11.5 Å². The number of piperidine rings is 1. The van der Waals surface area contributed by atoms with Crippen molar-refractivity contribution in [2.45, 2.75) is 12.8 Å². The van der Waals surface area contributed by atoms with Crippen LogP contribution in [0.5, 0.6) is 0 Å². The summed E-state index contributed by atoms with van der Waals surface area (Å²) in [6, 6.07) is 3.61. The standard InChI is InChI=1S/C13H18N2O2/c1-17-10-11-4-3-7-15(9-11)13(16)12-5-2-6-14-8-12/h2,5-6,8,11H,3-4,7,9-10H2,1H3. The zero-order valence-electron chi connectivity index (χ0n) is 10.1. The second-order valence-corrected chi connectivity index (χ2v) is 4.46. The van der Waals surface area contributed by atoms with Gasteiger partial charge in [-0.1, -0.05) is 0 Å². The molecule has 2 rings (SSSR count). The molecule has 0 spiro atoms. The maximum Gasteiger partial charge on any atom is 0.255 e. The normalized spacial score (nSPS) is 20.3. The summed E-state index contributed by atoms with van der Waals surface area (Å²) < 4.78 is 5.16. The third kappa shape index (κ3) is 3.03. The lowest BCUT2D eigenvalue weighted by molar-refractivity contribution is 0.0570. The molecule has 4 heteroatoms. The molecule has 1 aromatic rings. The zero-order valence-corrected chi connectivity index (χ0v) is 10.1. The number of hydrogen-bond acceptors (Lipinski definition) is 3. The van der Waals surface area contributed by atoms with Crippen molar-refractivity contribution in [2.24, 2.45) is 5.92 Å². The first kappa shape index (κ1) is 12.0. The fraction of sp³-hybridized carbons (Fsp3) is 0.538. The molecule has 0 bridgehead atoms. The Morgan fingerprint density at radius 2 is 2.53 bits per heavy atom. The topological polar surface area (TPSA) is 42.4 Å². The fourth-order valence-electron chi connectivity index (χ4n) is 2.29. The predicted octanol–water partition coefficient (Wildman–Crippen LogP) is 1.58. The number of amides is 1. The Morgan fingerprint density at radius 3 is 3.24 bits per heavy atom. The third-order valence-corrected chi connectivity index (χ3v) is 3.12. The second kappa shape index (κ2) is 5.77. The summed E-state index contributed by atoms with van der Waals surface area (Å²) in [7, 11) is 1.71. The van der Waals surface area contributed by atoms with E-state index in [2.05, 4.69) is 4.98 Å². The maximum absolute atomic E-state index is 12.2. The summed E-state index contributed by atoms with van der Waals surface area (Å²) in [4.78, 5) is 18.1. The van der Waals surface area contributed by atoms with Gasteiger partial charge in [-0.15, -0.1) is 0 Å². The number of ether oxygens (including phenoxy) is 1. The number of aromatic nitrogens is 1. The van der Waals surface area contributed by atoms with Gasteiger partial charge in [0.2, 0.25) is 0 Å². The van der Waals surface area contributed by atoms with E-state index in [-0.39, 0.29) is 5.91 Å². The highest BCUT2D eigenvalue weighted by molar-refractivity contribution is 5.93. The van der Waals surface area contributed by atoms with Crippen LogP contribution >= 0.6 is 0 Å². The second-order valence-electron chi connectivity index (χ2n) is 4.46. The van der Waals surface area contributed by atoms with Gasteiger partial charge in [-0.25, -0.2) is 0 Å². The molecule has 0 radical (unpaired) electrons. The molecule has 1 atom stereocenters. The van der Waals surface area contributed by atoms with E-state index in [1.807, 2.05) is 11.0 Å². The van der Waals surface area contributed by atoms with E-state index in [9.17, 15) is 4.79 Å². The van der Waals surface area contributed by atoms with Gasteiger partial charge in [-0.05, 0) is 30.9 Å². The third-order valence-electron chi connectivity index (χ3n) is 3.12. The van der Waals surface area contributed by atoms with Crippen molar-refractivity contribution >= 4 is 5.91 Å². The largest absolute Gasteiger partial charge is 0.384 e. The van der Waals surface area contributed by atoms with Crippen molar-refractivity contribution in [2.75, 3.05) is 26.8 Å². The average molecular weight is 234 g/mol. The van der Waals surface area contributed by atoms with Crippen LogP contribution in [0.2, 0.25) is 0 Å². The molecule has 92 valence electrons. The molecule has 1 aliphatic rings. The summed E-state index contributed by atoms with van der Waals surface area (Å²) in [5, 5.41) is 0. The van der Waals surface area contributed by atoms with Crippen molar-refractivity contribution < 1.29 is 9.53 Å². The Labute approximate surface area is 102 Å². The molecular formula is C13H18N2O2. The lowest BCUT2D eigenvalue weighted by Gasteiger charge is -2.32. The number of rotatable bonds is 3. The summed E-state index contributed by atoms with van der Waals surface area (Å²) in [5.74, 6) is 0.549. The van der Waals surface area contributed by atoms with Crippen LogP contribution in [0, 0.1) is 5.92 Å². The predicted molar refractivity (Wildman–Crippen MR) is 64.7 cm³/mol. The highest BCUT2D eigenvalue weighted by atomic mass is 16.5. The molecule has 0 aliphatic carbocycles. The van der Waals surface area contributed by atoms with Crippen LogP contribution in [0.4, 0.5) is 0 Å². The van der Waals surface area contributed by atoms with Gasteiger partial charge in [-0.2, -0.15) is 0 Å². The van der Waals surface area contributed by atoms with E-state index in [1.54, 1.807) is 25.6 Å². The Balaban J connectivity index is 2.00. The van der Waals surface area contributed by atoms with Gasteiger partial charge in [0.1, 0.15) is 0 Å². The molecule has 0 saturated carbocycles.